The zero-order valence-electron chi connectivity index (χ0n) is 11.6. The van der Waals surface area contributed by atoms with Crippen molar-refractivity contribution in [3.8, 4) is 5.75 Å². The van der Waals surface area contributed by atoms with Gasteiger partial charge in [-0.2, -0.15) is 18.3 Å². The molecule has 0 heterocycles. The number of nitrogens with one attached hydrogen (secondary N) is 2. The number of thiocarbonyl (C=S) groups is 1. The van der Waals surface area contributed by atoms with Crippen molar-refractivity contribution in [1.82, 2.24) is 5.43 Å². The van der Waals surface area contributed by atoms with Crippen LogP contribution in [0.5, 0.6) is 5.75 Å². The molecule has 2 rings (SSSR count). The van der Waals surface area contributed by atoms with Crippen molar-refractivity contribution in [2.75, 3.05) is 5.32 Å². The Morgan fingerprint density at radius 3 is 2.57 bits per heavy atom. The Morgan fingerprint density at radius 2 is 1.87 bits per heavy atom. The molecule has 2 aromatic carbocycles. The highest BCUT2D eigenvalue weighted by Gasteiger charge is 2.33. The average molecular weight is 339 g/mol. The molecule has 0 amide bonds. The number of rotatable bonds is 3. The van der Waals surface area contributed by atoms with E-state index in [4.69, 9.17) is 12.2 Å². The Morgan fingerprint density at radius 1 is 1.13 bits per heavy atom. The largest absolute Gasteiger partial charge is 0.508 e. The molecule has 0 bridgehead atoms. The van der Waals surface area contributed by atoms with Gasteiger partial charge in [0.2, 0.25) is 0 Å². The monoisotopic (exact) mass is 339 g/mol. The number of benzene rings is 2. The number of phenolic OH excluding ortho intramolecular Hbond substituents is 1. The summed E-state index contributed by atoms with van der Waals surface area (Å²) in [4.78, 5) is 0. The second-order valence-corrected chi connectivity index (χ2v) is 4.87. The van der Waals surface area contributed by atoms with E-state index in [0.29, 0.717) is 5.56 Å². The number of aromatic hydroxyl groups is 1. The van der Waals surface area contributed by atoms with Crippen LogP contribution in [0.25, 0.3) is 0 Å². The zero-order valence-corrected chi connectivity index (χ0v) is 12.4. The Balaban J connectivity index is 2.01. The van der Waals surface area contributed by atoms with Crippen molar-refractivity contribution in [3.63, 3.8) is 0 Å². The highest BCUT2D eigenvalue weighted by Crippen LogP contribution is 2.34. The molecule has 0 aliphatic carbocycles. The van der Waals surface area contributed by atoms with E-state index < -0.39 is 11.7 Å². The summed E-state index contributed by atoms with van der Waals surface area (Å²) in [5.41, 5.74) is 2.05. The standard InChI is InChI=1S/C15H12F3N3OS/c16-15(17,18)12-6-1-2-7-13(12)20-14(23)21-19-9-10-4-3-5-11(22)8-10/h1-9,22H,(H2,20,21,23)/b19-9-. The summed E-state index contributed by atoms with van der Waals surface area (Å²) in [6.07, 6.45) is -3.10. The second-order valence-electron chi connectivity index (χ2n) is 4.46. The fraction of sp³-hybridized carbons (Fsp3) is 0.0667. The summed E-state index contributed by atoms with van der Waals surface area (Å²) >= 11 is 4.91. The third kappa shape index (κ3) is 4.96. The van der Waals surface area contributed by atoms with Crippen LogP contribution in [-0.4, -0.2) is 16.4 Å². The van der Waals surface area contributed by atoms with E-state index in [0.717, 1.165) is 6.07 Å². The van der Waals surface area contributed by atoms with E-state index in [-0.39, 0.29) is 16.5 Å². The predicted octanol–water partition coefficient (Wildman–Crippen LogP) is 3.73. The molecule has 0 aromatic heterocycles. The number of hydrogen-bond donors (Lipinski definition) is 3. The fourth-order valence-corrected chi connectivity index (χ4v) is 1.92. The highest BCUT2D eigenvalue weighted by atomic mass is 32.1. The molecule has 0 saturated heterocycles. The van der Waals surface area contributed by atoms with Crippen LogP contribution in [0, 0.1) is 0 Å². The van der Waals surface area contributed by atoms with Crippen LogP contribution in [0.2, 0.25) is 0 Å². The number of hydrogen-bond acceptors (Lipinski definition) is 3. The lowest BCUT2D eigenvalue weighted by molar-refractivity contribution is -0.136. The Bertz CT molecular complexity index is 732. The van der Waals surface area contributed by atoms with Gasteiger partial charge in [0.25, 0.3) is 0 Å². The number of para-hydroxylation sites is 1. The molecule has 23 heavy (non-hydrogen) atoms. The lowest BCUT2D eigenvalue weighted by Crippen LogP contribution is -2.25. The van der Waals surface area contributed by atoms with Gasteiger partial charge in [-0.15, -0.1) is 0 Å². The van der Waals surface area contributed by atoms with Crippen LogP contribution in [0.3, 0.4) is 0 Å². The lowest BCUT2D eigenvalue weighted by Gasteiger charge is -2.14. The lowest BCUT2D eigenvalue weighted by atomic mass is 10.2. The molecule has 120 valence electrons. The third-order valence-electron chi connectivity index (χ3n) is 2.73. The maximum atomic E-state index is 12.9. The van der Waals surface area contributed by atoms with Crippen molar-refractivity contribution in [1.29, 1.82) is 0 Å². The molecule has 0 aliphatic rings. The van der Waals surface area contributed by atoms with Crippen molar-refractivity contribution in [2.45, 2.75) is 6.18 Å². The Labute approximate surface area is 135 Å². The topological polar surface area (TPSA) is 56.7 Å². The Kier molecular flexibility index (Phi) is 5.17. The first-order valence-electron chi connectivity index (χ1n) is 6.41. The van der Waals surface area contributed by atoms with E-state index >= 15 is 0 Å². The van der Waals surface area contributed by atoms with Crippen molar-refractivity contribution in [2.24, 2.45) is 5.10 Å². The minimum atomic E-state index is -4.48. The first-order valence-corrected chi connectivity index (χ1v) is 6.82. The van der Waals surface area contributed by atoms with E-state index in [1.54, 1.807) is 12.1 Å². The van der Waals surface area contributed by atoms with E-state index in [1.165, 1.54) is 36.5 Å². The van der Waals surface area contributed by atoms with Gasteiger partial charge in [-0.05, 0) is 42.0 Å². The first kappa shape index (κ1) is 16.8. The number of alkyl halides is 3. The summed E-state index contributed by atoms with van der Waals surface area (Å²) < 4.78 is 38.6. The van der Waals surface area contributed by atoms with Gasteiger partial charge < -0.3 is 10.4 Å². The third-order valence-corrected chi connectivity index (χ3v) is 2.92. The SMILES string of the molecule is Oc1cccc(/C=N\NC(=S)Nc2ccccc2C(F)(F)F)c1. The first-order chi connectivity index (χ1) is 10.9. The van der Waals surface area contributed by atoms with Crippen LogP contribution in [0.1, 0.15) is 11.1 Å². The zero-order chi connectivity index (χ0) is 16.9. The van der Waals surface area contributed by atoms with Crippen LogP contribution < -0.4 is 10.7 Å². The molecule has 0 saturated carbocycles. The van der Waals surface area contributed by atoms with Gasteiger partial charge >= 0.3 is 6.18 Å². The average Bonchev–Trinajstić information content (AvgIpc) is 2.47. The quantitative estimate of drug-likeness (QED) is 0.453. The van der Waals surface area contributed by atoms with Gasteiger partial charge in [0.05, 0.1) is 17.5 Å². The predicted molar refractivity (Wildman–Crippen MR) is 86.5 cm³/mol. The second kappa shape index (κ2) is 7.10. The number of nitrogens with zero attached hydrogens (tertiary/aromatic N) is 1. The van der Waals surface area contributed by atoms with E-state index in [1.807, 2.05) is 0 Å². The fourth-order valence-electron chi connectivity index (χ4n) is 1.76. The number of phenols is 1. The summed E-state index contributed by atoms with van der Waals surface area (Å²) in [7, 11) is 0. The summed E-state index contributed by atoms with van der Waals surface area (Å²) in [5.74, 6) is 0.0776. The maximum Gasteiger partial charge on any atom is 0.418 e. The van der Waals surface area contributed by atoms with E-state index in [9.17, 15) is 18.3 Å². The minimum Gasteiger partial charge on any atom is -0.508 e. The molecular formula is C15H12F3N3OS. The van der Waals surface area contributed by atoms with Crippen LogP contribution in [0.4, 0.5) is 18.9 Å². The molecule has 0 radical (unpaired) electrons. The van der Waals surface area contributed by atoms with Gasteiger partial charge in [-0.25, -0.2) is 0 Å². The molecular weight excluding hydrogens is 327 g/mol. The van der Waals surface area contributed by atoms with Crippen molar-refractivity contribution < 1.29 is 18.3 Å². The van der Waals surface area contributed by atoms with E-state index in [2.05, 4.69) is 15.8 Å². The minimum absolute atomic E-state index is 0.0776. The van der Waals surface area contributed by atoms with Crippen LogP contribution >= 0.6 is 12.2 Å². The molecule has 0 aliphatic heterocycles. The summed E-state index contributed by atoms with van der Waals surface area (Å²) in [6.45, 7) is 0. The molecule has 0 fully saturated rings. The maximum absolute atomic E-state index is 12.9. The molecule has 3 N–H and O–H groups in total. The normalized spacial score (nSPS) is 11.4. The van der Waals surface area contributed by atoms with Crippen LogP contribution in [0.15, 0.2) is 53.6 Å². The molecule has 4 nitrogen and oxygen atoms in total. The molecule has 0 spiro atoms. The van der Waals surface area contributed by atoms with Crippen molar-refractivity contribution >= 4 is 29.2 Å². The molecule has 0 atom stereocenters. The highest BCUT2D eigenvalue weighted by molar-refractivity contribution is 7.80. The van der Waals surface area contributed by atoms with Gasteiger partial charge in [-0.1, -0.05) is 24.3 Å². The van der Waals surface area contributed by atoms with Crippen molar-refractivity contribution in [3.05, 3.63) is 59.7 Å². The molecule has 8 heteroatoms. The number of anilines is 1. The van der Waals surface area contributed by atoms with Gasteiger partial charge in [0.15, 0.2) is 5.11 Å². The number of hydrazone groups is 1. The van der Waals surface area contributed by atoms with Gasteiger partial charge in [-0.3, -0.25) is 5.43 Å². The smallest absolute Gasteiger partial charge is 0.418 e. The van der Waals surface area contributed by atoms with Crippen LogP contribution in [-0.2, 0) is 6.18 Å². The molecule has 0 unspecified atom stereocenters. The summed E-state index contributed by atoms with van der Waals surface area (Å²) in [5, 5.41) is 15.5. The molecule has 2 aromatic rings. The number of halogens is 3. The Hall–Kier alpha value is -2.61. The van der Waals surface area contributed by atoms with Gasteiger partial charge in [0, 0.05) is 0 Å². The van der Waals surface area contributed by atoms with Gasteiger partial charge in [0.1, 0.15) is 5.75 Å². The summed E-state index contributed by atoms with van der Waals surface area (Å²) in [6, 6.07) is 11.3.